The van der Waals surface area contributed by atoms with Crippen LogP contribution in [0.3, 0.4) is 0 Å². The Morgan fingerprint density at radius 3 is 2.20 bits per heavy atom. The molecule has 1 heteroatoms. The van der Waals surface area contributed by atoms with Crippen LogP contribution in [-0.4, -0.2) is 8.07 Å². The molecule has 0 amide bonds. The van der Waals surface area contributed by atoms with Gasteiger partial charge >= 0.3 is 0 Å². The Bertz CT molecular complexity index is 271. The van der Waals surface area contributed by atoms with Gasteiger partial charge in [-0.15, -0.1) is 0 Å². The van der Waals surface area contributed by atoms with E-state index in [2.05, 4.69) is 56.9 Å². The van der Waals surface area contributed by atoms with Crippen molar-refractivity contribution in [2.75, 3.05) is 0 Å². The first-order valence-electron chi connectivity index (χ1n) is 6.04. The van der Waals surface area contributed by atoms with Crippen LogP contribution < -0.4 is 0 Å². The van der Waals surface area contributed by atoms with Crippen molar-refractivity contribution in [3.63, 3.8) is 0 Å². The van der Waals surface area contributed by atoms with Gasteiger partial charge in [0.05, 0.1) is 0 Å². The lowest BCUT2D eigenvalue weighted by atomic mass is 9.97. The van der Waals surface area contributed by atoms with Gasteiger partial charge in [-0.1, -0.05) is 69.4 Å². The zero-order valence-electron chi connectivity index (χ0n) is 10.6. The highest BCUT2D eigenvalue weighted by Gasteiger charge is 2.13. The fourth-order valence-electron chi connectivity index (χ4n) is 1.89. The van der Waals surface area contributed by atoms with E-state index in [0.717, 1.165) is 5.92 Å². The lowest BCUT2D eigenvalue weighted by Crippen LogP contribution is -2.18. The first-order chi connectivity index (χ1) is 6.99. The van der Waals surface area contributed by atoms with E-state index in [1.807, 2.05) is 0 Å². The molecular formula is C14H24Si. The van der Waals surface area contributed by atoms with Gasteiger partial charge in [-0.05, 0) is 17.9 Å². The molecule has 15 heavy (non-hydrogen) atoms. The molecule has 1 aromatic rings. The lowest BCUT2D eigenvalue weighted by Gasteiger charge is -2.17. The minimum absolute atomic E-state index is 0.725. The van der Waals surface area contributed by atoms with Gasteiger partial charge in [0.2, 0.25) is 0 Å². The lowest BCUT2D eigenvalue weighted by molar-refractivity contribution is 0.660. The highest BCUT2D eigenvalue weighted by atomic mass is 28.3. The Morgan fingerprint density at radius 1 is 1.07 bits per heavy atom. The summed E-state index contributed by atoms with van der Waals surface area (Å²) in [6.45, 7) is 9.72. The van der Waals surface area contributed by atoms with E-state index in [4.69, 9.17) is 0 Å². The van der Waals surface area contributed by atoms with E-state index in [-0.39, 0.29) is 0 Å². The Morgan fingerprint density at radius 2 is 1.67 bits per heavy atom. The van der Waals surface area contributed by atoms with Gasteiger partial charge in [0, 0.05) is 8.07 Å². The normalized spacial score (nSPS) is 13.9. The van der Waals surface area contributed by atoms with Crippen LogP contribution in [0.4, 0.5) is 0 Å². The molecule has 1 rings (SSSR count). The van der Waals surface area contributed by atoms with Crippen molar-refractivity contribution in [3.8, 4) is 0 Å². The molecule has 0 saturated heterocycles. The van der Waals surface area contributed by atoms with E-state index >= 15 is 0 Å². The van der Waals surface area contributed by atoms with Crippen LogP contribution in [0.5, 0.6) is 0 Å². The molecule has 0 spiro atoms. The van der Waals surface area contributed by atoms with Crippen LogP contribution in [0.2, 0.25) is 25.7 Å². The number of rotatable bonds is 5. The predicted molar refractivity (Wildman–Crippen MR) is 72.2 cm³/mol. The third kappa shape index (κ3) is 5.17. The van der Waals surface area contributed by atoms with Gasteiger partial charge in [-0.2, -0.15) is 0 Å². The predicted octanol–water partition coefficient (Wildman–Crippen LogP) is 4.91. The van der Waals surface area contributed by atoms with Gasteiger partial charge in [0.1, 0.15) is 0 Å². The summed E-state index contributed by atoms with van der Waals surface area (Å²) in [6, 6.07) is 12.3. The second-order valence-corrected chi connectivity index (χ2v) is 11.4. The van der Waals surface area contributed by atoms with Crippen molar-refractivity contribution >= 4 is 8.07 Å². The van der Waals surface area contributed by atoms with Gasteiger partial charge in [-0.3, -0.25) is 0 Å². The summed E-state index contributed by atoms with van der Waals surface area (Å²) in [6.07, 6.45) is 2.74. The van der Waals surface area contributed by atoms with Gasteiger partial charge in [0.15, 0.2) is 0 Å². The highest BCUT2D eigenvalue weighted by molar-refractivity contribution is 6.76. The molecule has 0 nitrogen and oxygen atoms in total. The highest BCUT2D eigenvalue weighted by Crippen LogP contribution is 2.23. The molecule has 84 valence electrons. The number of hydrogen-bond acceptors (Lipinski definition) is 0. The molecule has 0 N–H and O–H groups in total. The van der Waals surface area contributed by atoms with Crippen molar-refractivity contribution in [3.05, 3.63) is 35.9 Å². The molecule has 1 aromatic carbocycles. The average Bonchev–Trinajstić information content (AvgIpc) is 2.17. The molecule has 0 aliphatic carbocycles. The third-order valence-corrected chi connectivity index (χ3v) is 4.79. The fraction of sp³-hybridized carbons (Fsp3) is 0.571. The van der Waals surface area contributed by atoms with E-state index in [1.165, 1.54) is 24.4 Å². The summed E-state index contributed by atoms with van der Waals surface area (Å²) in [7, 11) is -0.825. The maximum absolute atomic E-state index is 2.46. The van der Waals surface area contributed by atoms with Crippen LogP contribution in [-0.2, 0) is 0 Å². The molecule has 0 radical (unpaired) electrons. The Hall–Kier alpha value is -0.563. The van der Waals surface area contributed by atoms with Crippen LogP contribution >= 0.6 is 0 Å². The molecule has 0 fully saturated rings. The third-order valence-electron chi connectivity index (χ3n) is 2.93. The Kier molecular flexibility index (Phi) is 4.59. The molecule has 1 atom stereocenters. The summed E-state index contributed by atoms with van der Waals surface area (Å²) in [5, 5.41) is 0. The molecule has 0 heterocycles. The van der Waals surface area contributed by atoms with E-state index < -0.39 is 8.07 Å². The smallest absolute Gasteiger partial charge is 0.0442 e. The Balaban J connectivity index is 2.34. The molecule has 0 aliphatic rings. The molecule has 0 saturated carbocycles. The van der Waals surface area contributed by atoms with Crippen molar-refractivity contribution < 1.29 is 0 Å². The zero-order chi connectivity index (χ0) is 11.3. The largest absolute Gasteiger partial charge is 0.0695 e. The second-order valence-electron chi connectivity index (χ2n) is 5.76. The zero-order valence-corrected chi connectivity index (χ0v) is 11.6. The summed E-state index contributed by atoms with van der Waals surface area (Å²) in [5.41, 5.74) is 1.49. The van der Waals surface area contributed by atoms with Crippen molar-refractivity contribution in [2.24, 2.45) is 0 Å². The minimum atomic E-state index is -0.825. The first kappa shape index (κ1) is 12.5. The second kappa shape index (κ2) is 5.50. The maximum atomic E-state index is 2.46. The van der Waals surface area contributed by atoms with Crippen molar-refractivity contribution in [1.82, 2.24) is 0 Å². The van der Waals surface area contributed by atoms with Gasteiger partial charge in [-0.25, -0.2) is 0 Å². The average molecular weight is 220 g/mol. The van der Waals surface area contributed by atoms with Crippen LogP contribution in [0.25, 0.3) is 0 Å². The van der Waals surface area contributed by atoms with Crippen LogP contribution in [0.1, 0.15) is 31.2 Å². The number of hydrogen-bond donors (Lipinski definition) is 0. The van der Waals surface area contributed by atoms with Crippen LogP contribution in [0, 0.1) is 0 Å². The minimum Gasteiger partial charge on any atom is -0.0695 e. The van der Waals surface area contributed by atoms with Gasteiger partial charge < -0.3 is 0 Å². The molecule has 0 aliphatic heterocycles. The topological polar surface area (TPSA) is 0 Å². The fourth-order valence-corrected chi connectivity index (χ4v) is 3.15. The van der Waals surface area contributed by atoms with E-state index in [9.17, 15) is 0 Å². The van der Waals surface area contributed by atoms with E-state index in [0.29, 0.717) is 0 Å². The standard InChI is InChI=1S/C14H24Si/c1-13(9-8-12-15(2,3)4)14-10-6-5-7-11-14/h5-7,10-11,13H,8-9,12H2,1-4H3. The first-order valence-corrected chi connectivity index (χ1v) is 9.75. The molecule has 1 unspecified atom stereocenters. The monoisotopic (exact) mass is 220 g/mol. The SMILES string of the molecule is CC(CCC[Si](C)(C)C)c1ccccc1. The Labute approximate surface area is 95.7 Å². The van der Waals surface area contributed by atoms with Crippen LogP contribution in [0.15, 0.2) is 30.3 Å². The number of benzene rings is 1. The molecular weight excluding hydrogens is 196 g/mol. The summed E-state index contributed by atoms with van der Waals surface area (Å²) >= 11 is 0. The quantitative estimate of drug-likeness (QED) is 0.619. The van der Waals surface area contributed by atoms with Crippen molar-refractivity contribution in [2.45, 2.75) is 51.4 Å². The van der Waals surface area contributed by atoms with Gasteiger partial charge in [0.25, 0.3) is 0 Å². The summed E-state index contributed by atoms with van der Waals surface area (Å²) in [4.78, 5) is 0. The summed E-state index contributed by atoms with van der Waals surface area (Å²) < 4.78 is 0. The molecule has 0 bridgehead atoms. The molecule has 0 aromatic heterocycles. The maximum Gasteiger partial charge on any atom is 0.0442 e. The summed E-state index contributed by atoms with van der Waals surface area (Å²) in [5.74, 6) is 0.725. The van der Waals surface area contributed by atoms with Crippen molar-refractivity contribution in [1.29, 1.82) is 0 Å². The van der Waals surface area contributed by atoms with E-state index in [1.54, 1.807) is 0 Å².